The Balaban J connectivity index is 1.81. The van der Waals surface area contributed by atoms with Crippen molar-refractivity contribution in [3.8, 4) is 0 Å². The van der Waals surface area contributed by atoms with Crippen LogP contribution in [0.15, 0.2) is 54.6 Å². The molecular weight excluding hydrogens is 272 g/mol. The summed E-state index contributed by atoms with van der Waals surface area (Å²) in [5.41, 5.74) is 1.17. The Morgan fingerprint density at radius 3 is 2.67 bits per heavy atom. The number of rotatable bonds is 5. The lowest BCUT2D eigenvalue weighted by Gasteiger charge is -2.03. The van der Waals surface area contributed by atoms with Gasteiger partial charge in [-0.3, -0.25) is 4.79 Å². The molecule has 0 saturated carbocycles. The van der Waals surface area contributed by atoms with Gasteiger partial charge in [0.2, 0.25) is 5.91 Å². The second kappa shape index (κ2) is 7.33. The summed E-state index contributed by atoms with van der Waals surface area (Å²) in [6, 6.07) is 12.4. The van der Waals surface area contributed by atoms with Crippen LogP contribution in [0.2, 0.25) is 0 Å². The molecule has 0 saturated heterocycles. The minimum atomic E-state index is -0.350. The fraction of sp³-hybridized carbons (Fsp3) is 0.118. The van der Waals surface area contributed by atoms with Gasteiger partial charge in [0, 0.05) is 12.6 Å². The molecule has 0 fully saturated rings. The fourth-order valence-corrected chi connectivity index (χ4v) is 1.86. The van der Waals surface area contributed by atoms with E-state index in [-0.39, 0.29) is 17.5 Å². The number of nitrogens with one attached hydrogen (secondary N) is 1. The first kappa shape index (κ1) is 14.9. The average molecular weight is 287 g/mol. The third-order valence-corrected chi connectivity index (χ3v) is 2.93. The van der Waals surface area contributed by atoms with Crippen molar-refractivity contribution in [2.75, 3.05) is 6.54 Å². The smallest absolute Gasteiger partial charge is 0.244 e. The number of hydrogen-bond donors (Lipinski definition) is 1. The summed E-state index contributed by atoms with van der Waals surface area (Å²) < 4.78 is 26.3. The van der Waals surface area contributed by atoms with E-state index in [1.54, 1.807) is 30.3 Å². The molecule has 0 heterocycles. The SMILES string of the molecule is O=C(/C=C/c1cccc(F)c1)NCCc1ccccc1F. The quantitative estimate of drug-likeness (QED) is 0.840. The lowest BCUT2D eigenvalue weighted by Crippen LogP contribution is -2.23. The predicted molar refractivity (Wildman–Crippen MR) is 78.5 cm³/mol. The molecule has 0 aromatic heterocycles. The van der Waals surface area contributed by atoms with Gasteiger partial charge in [0.25, 0.3) is 0 Å². The molecule has 0 aliphatic rings. The zero-order valence-corrected chi connectivity index (χ0v) is 11.4. The van der Waals surface area contributed by atoms with E-state index < -0.39 is 0 Å². The molecule has 2 aromatic rings. The van der Waals surface area contributed by atoms with Crippen molar-refractivity contribution in [1.82, 2.24) is 5.32 Å². The molecule has 0 bridgehead atoms. The molecule has 1 N–H and O–H groups in total. The summed E-state index contributed by atoms with van der Waals surface area (Å²) in [6.45, 7) is 0.341. The van der Waals surface area contributed by atoms with E-state index in [2.05, 4.69) is 5.32 Å². The minimum Gasteiger partial charge on any atom is -0.352 e. The maximum atomic E-state index is 13.4. The monoisotopic (exact) mass is 287 g/mol. The van der Waals surface area contributed by atoms with E-state index in [4.69, 9.17) is 0 Å². The van der Waals surface area contributed by atoms with Crippen LogP contribution in [-0.4, -0.2) is 12.5 Å². The fourth-order valence-electron chi connectivity index (χ4n) is 1.86. The normalized spacial score (nSPS) is 10.8. The standard InChI is InChI=1S/C17H15F2NO/c18-15-6-3-4-13(12-15)8-9-17(21)20-11-10-14-5-1-2-7-16(14)19/h1-9,12H,10-11H2,(H,20,21)/b9-8+. The van der Waals surface area contributed by atoms with E-state index in [0.717, 1.165) is 0 Å². The van der Waals surface area contributed by atoms with E-state index in [9.17, 15) is 13.6 Å². The van der Waals surface area contributed by atoms with Crippen molar-refractivity contribution in [3.05, 3.63) is 77.4 Å². The Morgan fingerprint density at radius 2 is 1.90 bits per heavy atom. The maximum Gasteiger partial charge on any atom is 0.244 e. The zero-order chi connectivity index (χ0) is 15.1. The first-order chi connectivity index (χ1) is 10.1. The Kier molecular flexibility index (Phi) is 5.21. The lowest BCUT2D eigenvalue weighted by atomic mass is 10.1. The highest BCUT2D eigenvalue weighted by Gasteiger charge is 2.01. The van der Waals surface area contributed by atoms with Gasteiger partial charge in [-0.25, -0.2) is 8.78 Å². The van der Waals surface area contributed by atoms with Crippen molar-refractivity contribution < 1.29 is 13.6 Å². The molecule has 0 aliphatic heterocycles. The first-order valence-corrected chi connectivity index (χ1v) is 6.60. The molecule has 2 rings (SSSR count). The van der Waals surface area contributed by atoms with Crippen LogP contribution >= 0.6 is 0 Å². The molecule has 108 valence electrons. The van der Waals surface area contributed by atoms with Gasteiger partial charge in [-0.05, 0) is 41.8 Å². The second-order valence-electron chi connectivity index (χ2n) is 4.52. The lowest BCUT2D eigenvalue weighted by molar-refractivity contribution is -0.116. The summed E-state index contributed by atoms with van der Waals surface area (Å²) in [6.07, 6.45) is 3.28. The van der Waals surface area contributed by atoms with Crippen LogP contribution in [0.5, 0.6) is 0 Å². The molecule has 0 spiro atoms. The van der Waals surface area contributed by atoms with E-state index >= 15 is 0 Å². The number of amides is 1. The molecule has 21 heavy (non-hydrogen) atoms. The predicted octanol–water partition coefficient (Wildman–Crippen LogP) is 3.34. The van der Waals surface area contributed by atoms with Crippen molar-refractivity contribution in [3.63, 3.8) is 0 Å². The van der Waals surface area contributed by atoms with Crippen LogP contribution in [-0.2, 0) is 11.2 Å². The van der Waals surface area contributed by atoms with Gasteiger partial charge in [0.05, 0.1) is 0 Å². The van der Waals surface area contributed by atoms with Crippen LogP contribution < -0.4 is 5.32 Å². The van der Waals surface area contributed by atoms with Crippen molar-refractivity contribution in [1.29, 1.82) is 0 Å². The van der Waals surface area contributed by atoms with Gasteiger partial charge in [-0.1, -0.05) is 30.3 Å². The highest BCUT2D eigenvalue weighted by molar-refractivity contribution is 5.91. The molecule has 0 unspecified atom stereocenters. The Morgan fingerprint density at radius 1 is 1.10 bits per heavy atom. The number of halogens is 2. The molecular formula is C17H15F2NO. The highest BCUT2D eigenvalue weighted by atomic mass is 19.1. The van der Waals surface area contributed by atoms with Crippen LogP contribution in [0.4, 0.5) is 8.78 Å². The number of hydrogen-bond acceptors (Lipinski definition) is 1. The van der Waals surface area contributed by atoms with Crippen LogP contribution in [0.3, 0.4) is 0 Å². The molecule has 0 atom stereocenters. The summed E-state index contributed by atoms with van der Waals surface area (Å²) in [5.74, 6) is -0.922. The van der Waals surface area contributed by atoms with Crippen molar-refractivity contribution in [2.45, 2.75) is 6.42 Å². The van der Waals surface area contributed by atoms with Crippen molar-refractivity contribution in [2.24, 2.45) is 0 Å². The molecule has 0 aliphatic carbocycles. The zero-order valence-electron chi connectivity index (χ0n) is 11.4. The molecule has 4 heteroatoms. The van der Waals surface area contributed by atoms with Gasteiger partial charge in [0.1, 0.15) is 11.6 Å². The van der Waals surface area contributed by atoms with Gasteiger partial charge in [0.15, 0.2) is 0 Å². The van der Waals surface area contributed by atoms with Crippen LogP contribution in [0, 0.1) is 11.6 Å². The Labute approximate surface area is 122 Å². The summed E-state index contributed by atoms with van der Waals surface area (Å²) in [4.78, 5) is 11.6. The Hall–Kier alpha value is -2.49. The van der Waals surface area contributed by atoms with Gasteiger partial charge < -0.3 is 5.32 Å². The third kappa shape index (κ3) is 4.84. The minimum absolute atomic E-state index is 0.276. The third-order valence-electron chi connectivity index (χ3n) is 2.93. The van der Waals surface area contributed by atoms with Gasteiger partial charge >= 0.3 is 0 Å². The topological polar surface area (TPSA) is 29.1 Å². The van der Waals surface area contributed by atoms with E-state index in [0.29, 0.717) is 24.1 Å². The van der Waals surface area contributed by atoms with E-state index in [1.807, 2.05) is 0 Å². The number of carbonyl (C=O) groups is 1. The van der Waals surface area contributed by atoms with Crippen molar-refractivity contribution >= 4 is 12.0 Å². The van der Waals surface area contributed by atoms with Gasteiger partial charge in [-0.15, -0.1) is 0 Å². The number of benzene rings is 2. The molecule has 2 aromatic carbocycles. The summed E-state index contributed by atoms with van der Waals surface area (Å²) in [5, 5.41) is 2.66. The van der Waals surface area contributed by atoms with Crippen LogP contribution in [0.25, 0.3) is 6.08 Å². The Bertz CT molecular complexity index is 653. The molecule has 0 radical (unpaired) electrons. The van der Waals surface area contributed by atoms with E-state index in [1.165, 1.54) is 30.4 Å². The first-order valence-electron chi connectivity index (χ1n) is 6.60. The second-order valence-corrected chi connectivity index (χ2v) is 4.52. The largest absolute Gasteiger partial charge is 0.352 e. The molecule has 2 nitrogen and oxygen atoms in total. The highest BCUT2D eigenvalue weighted by Crippen LogP contribution is 2.07. The summed E-state index contributed by atoms with van der Waals surface area (Å²) in [7, 11) is 0. The maximum absolute atomic E-state index is 13.4. The average Bonchev–Trinajstić information content (AvgIpc) is 2.47. The number of carbonyl (C=O) groups excluding carboxylic acids is 1. The van der Waals surface area contributed by atoms with Crippen LogP contribution in [0.1, 0.15) is 11.1 Å². The van der Waals surface area contributed by atoms with Gasteiger partial charge in [-0.2, -0.15) is 0 Å². The molecule has 1 amide bonds. The summed E-state index contributed by atoms with van der Waals surface area (Å²) >= 11 is 0.